The number of carbonyl (C=O) groups excluding carboxylic acids is 1. The van der Waals surface area contributed by atoms with Crippen LogP contribution in [-0.4, -0.2) is 32.4 Å². The molecule has 0 saturated heterocycles. The van der Waals surface area contributed by atoms with Crippen LogP contribution >= 0.6 is 11.3 Å². The van der Waals surface area contributed by atoms with Crippen molar-refractivity contribution < 1.29 is 14.7 Å². The number of nitrogens with zero attached hydrogens (tertiary/aromatic N) is 2. The molecular weight excluding hydrogens is 254 g/mol. The number of aromatic nitrogens is 2. The monoisotopic (exact) mass is 267 g/mol. The number of aliphatic carboxylic acids is 1. The summed E-state index contributed by atoms with van der Waals surface area (Å²) in [6.07, 6.45) is 2.00. The molecule has 0 aliphatic heterocycles. The van der Waals surface area contributed by atoms with Gasteiger partial charge in [-0.25, -0.2) is 4.98 Å². The minimum Gasteiger partial charge on any atom is -0.480 e. The van der Waals surface area contributed by atoms with Gasteiger partial charge in [0.05, 0.1) is 12.1 Å². The maximum Gasteiger partial charge on any atom is 0.325 e. The lowest BCUT2D eigenvalue weighted by Gasteiger charge is -2.08. The molecule has 2 N–H and O–H groups in total. The Labute approximate surface area is 107 Å². The number of aryl methyl sites for hydroxylation is 1. The summed E-state index contributed by atoms with van der Waals surface area (Å²) < 4.78 is 1.85. The Hall–Kier alpha value is -1.89. The molecule has 0 spiro atoms. The number of fused-ring (bicyclic) bond motifs is 1. The molecule has 0 bridgehead atoms. The Bertz CT molecular complexity index is 602. The maximum atomic E-state index is 11.7. The minimum absolute atomic E-state index is 0.146. The van der Waals surface area contributed by atoms with Gasteiger partial charge < -0.3 is 10.4 Å². The molecule has 6 nitrogen and oxygen atoms in total. The lowest BCUT2D eigenvalue weighted by Crippen LogP contribution is -2.39. The topological polar surface area (TPSA) is 83.7 Å². The first kappa shape index (κ1) is 12.6. The number of nitrogens with one attached hydrogen (secondary N) is 1. The van der Waals surface area contributed by atoms with Crippen molar-refractivity contribution in [2.45, 2.75) is 26.3 Å². The summed E-state index contributed by atoms with van der Waals surface area (Å²) in [5.41, 5.74) is 1.70. The van der Waals surface area contributed by atoms with Gasteiger partial charge in [-0.3, -0.25) is 14.0 Å². The average Bonchev–Trinajstić information content (AvgIpc) is 2.79. The van der Waals surface area contributed by atoms with Gasteiger partial charge in [0, 0.05) is 17.3 Å². The quantitative estimate of drug-likeness (QED) is 0.859. The summed E-state index contributed by atoms with van der Waals surface area (Å²) in [4.78, 5) is 27.4. The molecule has 96 valence electrons. The first-order valence-electron chi connectivity index (χ1n) is 5.41. The van der Waals surface area contributed by atoms with Gasteiger partial charge >= 0.3 is 5.97 Å². The largest absolute Gasteiger partial charge is 0.480 e. The first-order valence-corrected chi connectivity index (χ1v) is 6.29. The summed E-state index contributed by atoms with van der Waals surface area (Å²) in [7, 11) is 0. The van der Waals surface area contributed by atoms with E-state index in [0.717, 1.165) is 16.3 Å². The van der Waals surface area contributed by atoms with Gasteiger partial charge in [-0.15, -0.1) is 11.3 Å². The summed E-state index contributed by atoms with van der Waals surface area (Å²) in [6, 6.07) is -0.879. The molecule has 2 heterocycles. The number of carboxylic acid groups (broad SMARTS) is 1. The summed E-state index contributed by atoms with van der Waals surface area (Å²) >= 11 is 1.46. The zero-order chi connectivity index (χ0) is 13.3. The van der Waals surface area contributed by atoms with E-state index in [2.05, 4.69) is 10.3 Å². The van der Waals surface area contributed by atoms with Crippen LogP contribution in [0.3, 0.4) is 0 Å². The van der Waals surface area contributed by atoms with E-state index in [1.54, 1.807) is 0 Å². The molecule has 2 rings (SSSR count). The molecule has 2 aromatic rings. The van der Waals surface area contributed by atoms with E-state index >= 15 is 0 Å². The zero-order valence-electron chi connectivity index (χ0n) is 10.0. The molecule has 0 aliphatic rings. The molecule has 7 heteroatoms. The first-order chi connectivity index (χ1) is 8.47. The summed E-state index contributed by atoms with van der Waals surface area (Å²) in [5.74, 6) is -1.35. The van der Waals surface area contributed by atoms with Gasteiger partial charge in [-0.2, -0.15) is 0 Å². The third-order valence-corrected chi connectivity index (χ3v) is 3.38. The molecular formula is C11H13N3O3S. The maximum absolute atomic E-state index is 11.7. The molecule has 2 aromatic heterocycles. The van der Waals surface area contributed by atoms with Gasteiger partial charge in [0.1, 0.15) is 6.04 Å². The highest BCUT2D eigenvalue weighted by Gasteiger charge is 2.16. The van der Waals surface area contributed by atoms with Crippen LogP contribution in [-0.2, 0) is 16.0 Å². The van der Waals surface area contributed by atoms with Crippen LogP contribution < -0.4 is 5.32 Å². The van der Waals surface area contributed by atoms with Crippen LogP contribution in [0.4, 0.5) is 0 Å². The normalized spacial score (nSPS) is 12.6. The van der Waals surface area contributed by atoms with E-state index < -0.39 is 12.0 Å². The van der Waals surface area contributed by atoms with Crippen molar-refractivity contribution in [2.75, 3.05) is 0 Å². The molecule has 0 fully saturated rings. The molecule has 1 amide bonds. The molecule has 0 aliphatic carbocycles. The number of carbonyl (C=O) groups is 2. The number of imidazole rings is 1. The van der Waals surface area contributed by atoms with Crippen molar-refractivity contribution in [3.8, 4) is 0 Å². The molecule has 1 atom stereocenters. The zero-order valence-corrected chi connectivity index (χ0v) is 10.8. The number of amides is 1. The van der Waals surface area contributed by atoms with Crippen molar-refractivity contribution in [3.63, 3.8) is 0 Å². The predicted octanol–water partition coefficient (Wildman–Crippen LogP) is 0.836. The Kier molecular flexibility index (Phi) is 3.33. The fourth-order valence-electron chi connectivity index (χ4n) is 1.59. The van der Waals surface area contributed by atoms with E-state index in [1.807, 2.05) is 22.9 Å². The highest BCUT2D eigenvalue weighted by atomic mass is 32.1. The van der Waals surface area contributed by atoms with Crippen LogP contribution in [0.15, 0.2) is 11.6 Å². The smallest absolute Gasteiger partial charge is 0.325 e. The second kappa shape index (κ2) is 4.77. The molecule has 0 saturated carbocycles. The van der Waals surface area contributed by atoms with E-state index in [9.17, 15) is 9.59 Å². The second-order valence-electron chi connectivity index (χ2n) is 4.07. The lowest BCUT2D eigenvalue weighted by molar-refractivity contribution is -0.141. The van der Waals surface area contributed by atoms with Crippen LogP contribution in [0, 0.1) is 6.92 Å². The SMILES string of the molecule is Cc1cn2c(CC(=O)N[C@@H](C)C(=O)O)csc2n1. The number of thiazole rings is 1. The number of carboxylic acids is 1. The second-order valence-corrected chi connectivity index (χ2v) is 4.90. The van der Waals surface area contributed by atoms with Crippen molar-refractivity contribution in [1.29, 1.82) is 0 Å². The molecule has 0 radical (unpaired) electrons. The van der Waals surface area contributed by atoms with E-state index in [1.165, 1.54) is 18.3 Å². The van der Waals surface area contributed by atoms with Crippen LogP contribution in [0.2, 0.25) is 0 Å². The molecule has 18 heavy (non-hydrogen) atoms. The van der Waals surface area contributed by atoms with Crippen molar-refractivity contribution in [1.82, 2.24) is 14.7 Å². The van der Waals surface area contributed by atoms with Crippen LogP contribution in [0.1, 0.15) is 18.3 Å². The summed E-state index contributed by atoms with van der Waals surface area (Å²) in [6.45, 7) is 3.32. The van der Waals surface area contributed by atoms with Gasteiger partial charge in [-0.1, -0.05) is 0 Å². The molecule has 0 unspecified atom stereocenters. The van der Waals surface area contributed by atoms with E-state index in [0.29, 0.717) is 0 Å². The number of hydrogen-bond donors (Lipinski definition) is 2. The average molecular weight is 267 g/mol. The highest BCUT2D eigenvalue weighted by molar-refractivity contribution is 7.15. The van der Waals surface area contributed by atoms with Gasteiger partial charge in [0.25, 0.3) is 0 Å². The van der Waals surface area contributed by atoms with E-state index in [-0.39, 0.29) is 12.3 Å². The summed E-state index contributed by atoms with van der Waals surface area (Å²) in [5, 5.41) is 13.0. The Morgan fingerprint density at radius 1 is 1.61 bits per heavy atom. The van der Waals surface area contributed by atoms with Crippen molar-refractivity contribution in [2.24, 2.45) is 0 Å². The van der Waals surface area contributed by atoms with Crippen LogP contribution in [0.25, 0.3) is 4.96 Å². The Morgan fingerprint density at radius 2 is 2.33 bits per heavy atom. The third kappa shape index (κ3) is 2.51. The van der Waals surface area contributed by atoms with Crippen molar-refractivity contribution in [3.05, 3.63) is 23.0 Å². The predicted molar refractivity (Wildman–Crippen MR) is 66.8 cm³/mol. The standard InChI is InChI=1S/C11H13N3O3S/c1-6-4-14-8(5-18-11(14)12-6)3-9(15)13-7(2)10(16)17/h4-5,7H,3H2,1-2H3,(H,13,15)(H,16,17)/t7-/m0/s1. The fraction of sp³-hybridized carbons (Fsp3) is 0.364. The fourth-order valence-corrected chi connectivity index (χ4v) is 2.51. The Morgan fingerprint density at radius 3 is 3.00 bits per heavy atom. The number of rotatable bonds is 4. The van der Waals surface area contributed by atoms with E-state index in [4.69, 9.17) is 5.11 Å². The van der Waals surface area contributed by atoms with Gasteiger partial charge in [-0.05, 0) is 13.8 Å². The highest BCUT2D eigenvalue weighted by Crippen LogP contribution is 2.16. The lowest BCUT2D eigenvalue weighted by atomic mass is 10.3. The Balaban J connectivity index is 2.09. The molecule has 0 aromatic carbocycles. The minimum atomic E-state index is -1.04. The number of hydrogen-bond acceptors (Lipinski definition) is 4. The van der Waals surface area contributed by atoms with Gasteiger partial charge in [0.2, 0.25) is 5.91 Å². The van der Waals surface area contributed by atoms with Gasteiger partial charge in [0.15, 0.2) is 4.96 Å². The van der Waals surface area contributed by atoms with Crippen LogP contribution in [0.5, 0.6) is 0 Å². The van der Waals surface area contributed by atoms with Crippen molar-refractivity contribution >= 4 is 28.2 Å². The third-order valence-electron chi connectivity index (χ3n) is 2.49.